The average molecular weight is 342 g/mol. The Hall–Kier alpha value is -0.990. The van der Waals surface area contributed by atoms with Crippen molar-refractivity contribution in [2.75, 3.05) is 26.2 Å². The second-order valence-corrected chi connectivity index (χ2v) is 6.73. The van der Waals surface area contributed by atoms with Crippen LogP contribution in [0.1, 0.15) is 38.5 Å². The number of aliphatic hydroxyl groups excluding tert-OH is 4. The fourth-order valence-electron chi connectivity index (χ4n) is 3.44. The Morgan fingerprint density at radius 3 is 2.67 bits per heavy atom. The Balaban J connectivity index is 1.67. The predicted octanol–water partition coefficient (Wildman–Crippen LogP) is -0.858. The van der Waals surface area contributed by atoms with Crippen LogP contribution in [-0.2, 0) is 4.79 Å². The Morgan fingerprint density at radius 2 is 2.00 bits per heavy atom. The molecule has 0 spiro atoms. The Bertz CT molecular complexity index is 443. The van der Waals surface area contributed by atoms with Gasteiger partial charge in [-0.3, -0.25) is 9.69 Å². The molecule has 0 aromatic rings. The van der Waals surface area contributed by atoms with Gasteiger partial charge >= 0.3 is 0 Å². The Morgan fingerprint density at radius 1 is 1.21 bits per heavy atom. The summed E-state index contributed by atoms with van der Waals surface area (Å²) in [5, 5.41) is 41.7. The lowest BCUT2D eigenvalue weighted by Crippen LogP contribution is -2.62. The van der Waals surface area contributed by atoms with Gasteiger partial charge in [0.15, 0.2) is 0 Å². The van der Waals surface area contributed by atoms with Crippen LogP contribution in [0.2, 0.25) is 0 Å². The van der Waals surface area contributed by atoms with Crippen molar-refractivity contribution in [1.82, 2.24) is 10.2 Å². The summed E-state index contributed by atoms with van der Waals surface area (Å²) in [6.45, 7) is 1.13. The highest BCUT2D eigenvalue weighted by Crippen LogP contribution is 2.19. The fourth-order valence-corrected chi connectivity index (χ4v) is 3.44. The maximum absolute atomic E-state index is 12.0. The molecule has 24 heavy (non-hydrogen) atoms. The number of carbonyl (C=O) groups is 1. The summed E-state index contributed by atoms with van der Waals surface area (Å²) in [5.41, 5.74) is 0.887. The van der Waals surface area contributed by atoms with Gasteiger partial charge in [-0.1, -0.05) is 6.08 Å². The first-order chi connectivity index (χ1) is 11.5. The SMILES string of the molecule is O=C(NCCCCN1C[C@H](O)[C@@H](O)[C@H](O)[C@H]1CO)C1=CCCCC1. The summed E-state index contributed by atoms with van der Waals surface area (Å²) in [4.78, 5) is 13.8. The Kier molecular flexibility index (Phi) is 7.64. The van der Waals surface area contributed by atoms with Gasteiger partial charge in [0.05, 0.1) is 18.8 Å². The zero-order valence-corrected chi connectivity index (χ0v) is 14.1. The highest BCUT2D eigenvalue weighted by Gasteiger charge is 2.40. The van der Waals surface area contributed by atoms with Gasteiger partial charge in [0.1, 0.15) is 12.2 Å². The van der Waals surface area contributed by atoms with Gasteiger partial charge in [0.2, 0.25) is 5.91 Å². The van der Waals surface area contributed by atoms with Crippen molar-refractivity contribution >= 4 is 5.91 Å². The third-order valence-corrected chi connectivity index (χ3v) is 4.96. The predicted molar refractivity (Wildman–Crippen MR) is 89.3 cm³/mol. The van der Waals surface area contributed by atoms with E-state index in [1.807, 2.05) is 6.08 Å². The van der Waals surface area contributed by atoms with Crippen LogP contribution in [0.3, 0.4) is 0 Å². The molecule has 0 unspecified atom stereocenters. The molecule has 5 N–H and O–H groups in total. The summed E-state index contributed by atoms with van der Waals surface area (Å²) in [6, 6.07) is -0.564. The molecular weight excluding hydrogens is 312 g/mol. The third-order valence-electron chi connectivity index (χ3n) is 4.96. The molecule has 0 bridgehead atoms. The first kappa shape index (κ1) is 19.3. The standard InChI is InChI=1S/C17H30N2O5/c20-11-13-15(22)16(23)14(21)10-19(13)9-5-4-8-18-17(24)12-6-2-1-3-7-12/h6,13-16,20-23H,1-5,7-11H2,(H,18,24)/t13-,14+,15-,16-/m1/s1. The quantitative estimate of drug-likeness (QED) is 0.385. The number of nitrogens with one attached hydrogen (secondary N) is 1. The second kappa shape index (κ2) is 9.48. The lowest BCUT2D eigenvalue weighted by Gasteiger charge is -2.43. The molecule has 1 amide bonds. The minimum atomic E-state index is -1.22. The number of piperidine rings is 1. The van der Waals surface area contributed by atoms with Crippen LogP contribution in [0, 0.1) is 0 Å². The highest BCUT2D eigenvalue weighted by atomic mass is 16.4. The average Bonchev–Trinajstić information content (AvgIpc) is 2.60. The maximum Gasteiger partial charge on any atom is 0.246 e. The van der Waals surface area contributed by atoms with E-state index in [2.05, 4.69) is 5.32 Å². The molecular formula is C17H30N2O5. The number of hydrogen-bond acceptors (Lipinski definition) is 6. The largest absolute Gasteiger partial charge is 0.395 e. The molecule has 7 heteroatoms. The number of unbranched alkanes of at least 4 members (excludes halogenated alkanes) is 1. The van der Waals surface area contributed by atoms with Crippen molar-refractivity contribution in [3.63, 3.8) is 0 Å². The lowest BCUT2D eigenvalue weighted by atomic mass is 9.94. The van der Waals surface area contributed by atoms with Gasteiger partial charge in [0.25, 0.3) is 0 Å². The van der Waals surface area contributed by atoms with Gasteiger partial charge in [-0.25, -0.2) is 0 Å². The molecule has 1 saturated heterocycles. The molecule has 4 atom stereocenters. The van der Waals surface area contributed by atoms with Crippen LogP contribution in [0.4, 0.5) is 0 Å². The van der Waals surface area contributed by atoms with E-state index >= 15 is 0 Å². The van der Waals surface area contributed by atoms with E-state index in [9.17, 15) is 25.2 Å². The molecule has 1 aliphatic carbocycles. The number of aliphatic hydroxyl groups is 4. The van der Waals surface area contributed by atoms with Crippen LogP contribution in [0.15, 0.2) is 11.6 Å². The number of β-amino-alcohol motifs (C(OH)–C–C–N with tert-alkyl or cyclic N) is 1. The second-order valence-electron chi connectivity index (χ2n) is 6.73. The van der Waals surface area contributed by atoms with Gasteiger partial charge in [-0.05, 0) is 45.1 Å². The van der Waals surface area contributed by atoms with Crippen molar-refractivity contribution in [1.29, 1.82) is 0 Å². The molecule has 0 aromatic carbocycles. The maximum atomic E-state index is 12.0. The topological polar surface area (TPSA) is 113 Å². The van der Waals surface area contributed by atoms with E-state index in [1.54, 1.807) is 4.90 Å². The van der Waals surface area contributed by atoms with Crippen LogP contribution < -0.4 is 5.32 Å². The van der Waals surface area contributed by atoms with Crippen LogP contribution in [0.25, 0.3) is 0 Å². The van der Waals surface area contributed by atoms with E-state index in [0.717, 1.165) is 44.1 Å². The van der Waals surface area contributed by atoms with Crippen molar-refractivity contribution in [3.8, 4) is 0 Å². The first-order valence-electron chi connectivity index (χ1n) is 8.91. The number of likely N-dealkylation sites (tertiary alicyclic amines) is 1. The van der Waals surface area contributed by atoms with Gasteiger partial charge in [-0.15, -0.1) is 0 Å². The summed E-state index contributed by atoms with van der Waals surface area (Å²) in [5.74, 6) is 0.0230. The Labute approximate surface area is 143 Å². The molecule has 0 radical (unpaired) electrons. The molecule has 0 saturated carbocycles. The molecule has 1 aliphatic heterocycles. The van der Waals surface area contributed by atoms with Gasteiger partial charge < -0.3 is 25.7 Å². The monoisotopic (exact) mass is 342 g/mol. The molecule has 1 fully saturated rings. The van der Waals surface area contributed by atoms with Crippen LogP contribution >= 0.6 is 0 Å². The number of nitrogens with zero attached hydrogens (tertiary/aromatic N) is 1. The van der Waals surface area contributed by atoms with E-state index in [0.29, 0.717) is 13.1 Å². The summed E-state index contributed by atoms with van der Waals surface area (Å²) in [7, 11) is 0. The van der Waals surface area contributed by atoms with E-state index in [1.165, 1.54) is 0 Å². The van der Waals surface area contributed by atoms with E-state index < -0.39 is 24.4 Å². The summed E-state index contributed by atoms with van der Waals surface area (Å²) < 4.78 is 0. The number of rotatable bonds is 7. The smallest absolute Gasteiger partial charge is 0.246 e. The lowest BCUT2D eigenvalue weighted by molar-refractivity contribution is -0.145. The summed E-state index contributed by atoms with van der Waals surface area (Å²) in [6.07, 6.45) is 4.25. The minimum absolute atomic E-state index is 0.0230. The van der Waals surface area contributed by atoms with Gasteiger partial charge in [-0.2, -0.15) is 0 Å². The van der Waals surface area contributed by atoms with E-state index in [-0.39, 0.29) is 19.1 Å². The molecule has 2 rings (SSSR count). The van der Waals surface area contributed by atoms with Crippen molar-refractivity contribution in [3.05, 3.63) is 11.6 Å². The molecule has 1 heterocycles. The highest BCUT2D eigenvalue weighted by molar-refractivity contribution is 5.93. The molecule has 138 valence electrons. The minimum Gasteiger partial charge on any atom is -0.395 e. The zero-order chi connectivity index (χ0) is 17.5. The number of amides is 1. The number of hydrogen-bond donors (Lipinski definition) is 5. The molecule has 0 aromatic heterocycles. The normalized spacial score (nSPS) is 31.6. The molecule has 7 nitrogen and oxygen atoms in total. The van der Waals surface area contributed by atoms with Crippen molar-refractivity contribution in [2.45, 2.75) is 62.9 Å². The summed E-state index contributed by atoms with van der Waals surface area (Å²) >= 11 is 0. The third kappa shape index (κ3) is 5.00. The first-order valence-corrected chi connectivity index (χ1v) is 8.91. The molecule has 2 aliphatic rings. The van der Waals surface area contributed by atoms with Crippen LogP contribution in [0.5, 0.6) is 0 Å². The van der Waals surface area contributed by atoms with E-state index in [4.69, 9.17) is 0 Å². The number of carbonyl (C=O) groups excluding carboxylic acids is 1. The van der Waals surface area contributed by atoms with Crippen LogP contribution in [-0.4, -0.2) is 81.8 Å². The van der Waals surface area contributed by atoms with Crippen molar-refractivity contribution in [2.24, 2.45) is 0 Å². The fraction of sp³-hybridized carbons (Fsp3) is 0.824. The number of allylic oxidation sites excluding steroid dienone is 1. The zero-order valence-electron chi connectivity index (χ0n) is 14.1. The van der Waals surface area contributed by atoms with Gasteiger partial charge in [0, 0.05) is 18.7 Å². The van der Waals surface area contributed by atoms with Crippen molar-refractivity contribution < 1.29 is 25.2 Å².